The summed E-state index contributed by atoms with van der Waals surface area (Å²) in [4.78, 5) is 10.2. The molecule has 2 nitrogen and oxygen atoms in total. The zero-order valence-corrected chi connectivity index (χ0v) is 9.50. The lowest BCUT2D eigenvalue weighted by Gasteiger charge is -2.04. The lowest BCUT2D eigenvalue weighted by molar-refractivity contribution is -0.107. The van der Waals surface area contributed by atoms with Crippen LogP contribution in [-0.2, 0) is 11.2 Å². The van der Waals surface area contributed by atoms with E-state index >= 15 is 0 Å². The Bertz CT molecular complexity index is 269. The number of halogens is 1. The summed E-state index contributed by atoms with van der Waals surface area (Å²) < 4.78 is 5.46. The van der Waals surface area contributed by atoms with Crippen molar-refractivity contribution in [3.8, 4) is 5.75 Å². The molecule has 0 atom stereocenters. The summed E-state index contributed by atoms with van der Waals surface area (Å²) in [6, 6.07) is 7.62. The van der Waals surface area contributed by atoms with Gasteiger partial charge in [0.05, 0.1) is 6.61 Å². The van der Waals surface area contributed by atoms with Crippen LogP contribution in [0, 0.1) is 0 Å². The van der Waals surface area contributed by atoms with Gasteiger partial charge in [0.1, 0.15) is 12.0 Å². The zero-order chi connectivity index (χ0) is 10.2. The zero-order valence-electron chi connectivity index (χ0n) is 7.91. The number of carbonyl (C=O) groups is 1. The quantitative estimate of drug-likeness (QED) is 0.445. The first-order valence-corrected chi connectivity index (χ1v) is 5.70. The summed E-state index contributed by atoms with van der Waals surface area (Å²) in [7, 11) is 0. The molecule has 0 heterocycles. The second-order valence-electron chi connectivity index (χ2n) is 2.91. The molecule has 1 aromatic carbocycles. The lowest BCUT2D eigenvalue weighted by Crippen LogP contribution is -1.97. The maximum atomic E-state index is 10.2. The summed E-state index contributed by atoms with van der Waals surface area (Å²) in [6.45, 7) is 0.721. The number of rotatable bonds is 6. The highest BCUT2D eigenvalue weighted by atomic mass is 79.9. The number of aldehydes is 1. The minimum Gasteiger partial charge on any atom is -0.494 e. The molecule has 3 heteroatoms. The second-order valence-corrected chi connectivity index (χ2v) is 3.70. The van der Waals surface area contributed by atoms with E-state index in [0.717, 1.165) is 36.0 Å². The molecule has 0 saturated carbocycles. The molecule has 0 saturated heterocycles. The minimum atomic E-state index is 0.474. The van der Waals surface area contributed by atoms with Gasteiger partial charge in [-0.05, 0) is 24.1 Å². The van der Waals surface area contributed by atoms with Crippen LogP contribution in [-0.4, -0.2) is 18.2 Å². The van der Waals surface area contributed by atoms with Crippen LogP contribution < -0.4 is 4.74 Å². The first-order chi connectivity index (χ1) is 6.86. The third kappa shape index (κ3) is 3.92. The van der Waals surface area contributed by atoms with E-state index in [1.807, 2.05) is 24.3 Å². The van der Waals surface area contributed by atoms with Gasteiger partial charge in [0.25, 0.3) is 0 Å². The molecule has 0 unspecified atom stereocenters. The van der Waals surface area contributed by atoms with Crippen molar-refractivity contribution in [1.29, 1.82) is 0 Å². The Kier molecular flexibility index (Phi) is 5.30. The Hall–Kier alpha value is -0.830. The van der Waals surface area contributed by atoms with Crippen molar-refractivity contribution < 1.29 is 9.53 Å². The van der Waals surface area contributed by atoms with Crippen LogP contribution in [0.25, 0.3) is 0 Å². The average molecular weight is 257 g/mol. The van der Waals surface area contributed by atoms with Crippen molar-refractivity contribution in [3.05, 3.63) is 29.8 Å². The van der Waals surface area contributed by atoms with E-state index < -0.39 is 0 Å². The first-order valence-electron chi connectivity index (χ1n) is 4.58. The first kappa shape index (κ1) is 11.2. The van der Waals surface area contributed by atoms with E-state index in [9.17, 15) is 4.79 Å². The van der Waals surface area contributed by atoms with Crippen molar-refractivity contribution in [2.75, 3.05) is 11.9 Å². The highest BCUT2D eigenvalue weighted by molar-refractivity contribution is 9.09. The summed E-state index contributed by atoms with van der Waals surface area (Å²) in [6.07, 6.45) is 2.37. The molecule has 0 aliphatic carbocycles. The van der Waals surface area contributed by atoms with Crippen molar-refractivity contribution in [2.24, 2.45) is 0 Å². The van der Waals surface area contributed by atoms with E-state index in [1.165, 1.54) is 0 Å². The van der Waals surface area contributed by atoms with Gasteiger partial charge < -0.3 is 9.53 Å². The Morgan fingerprint density at radius 2 is 2.00 bits per heavy atom. The summed E-state index contributed by atoms with van der Waals surface area (Å²) in [5.41, 5.74) is 1.02. The van der Waals surface area contributed by atoms with Gasteiger partial charge in [-0.1, -0.05) is 28.1 Å². The Balaban J connectivity index is 2.42. The molecule has 0 fully saturated rings. The normalized spacial score (nSPS) is 9.79. The summed E-state index contributed by atoms with van der Waals surface area (Å²) in [5, 5.41) is 0.955. The number of alkyl halides is 1. The molecule has 76 valence electrons. The molecule has 0 bridgehead atoms. The van der Waals surface area contributed by atoms with Crippen LogP contribution in [0.4, 0.5) is 0 Å². The average Bonchev–Trinajstić information content (AvgIpc) is 2.21. The Labute approximate surface area is 92.4 Å². The van der Waals surface area contributed by atoms with Gasteiger partial charge in [0, 0.05) is 11.8 Å². The van der Waals surface area contributed by atoms with Crippen LogP contribution in [0.1, 0.15) is 12.0 Å². The van der Waals surface area contributed by atoms with Crippen LogP contribution >= 0.6 is 15.9 Å². The number of benzene rings is 1. The van der Waals surface area contributed by atoms with Crippen LogP contribution in [0.15, 0.2) is 24.3 Å². The largest absolute Gasteiger partial charge is 0.494 e. The van der Waals surface area contributed by atoms with Crippen molar-refractivity contribution in [1.82, 2.24) is 0 Å². The number of carbonyl (C=O) groups excluding carboxylic acids is 1. The molecule has 0 aliphatic heterocycles. The standard InChI is InChI=1S/C11H13BrO2/c12-7-1-9-14-11-4-2-10(3-5-11)6-8-13/h2-5,8H,1,6-7,9H2. The fraction of sp³-hybridized carbons (Fsp3) is 0.364. The molecule has 0 amide bonds. The third-order valence-electron chi connectivity index (χ3n) is 1.79. The molecule has 0 N–H and O–H groups in total. The molecular weight excluding hydrogens is 244 g/mol. The highest BCUT2D eigenvalue weighted by Gasteiger charge is 1.94. The molecule has 0 spiro atoms. The smallest absolute Gasteiger partial charge is 0.124 e. The number of hydrogen-bond acceptors (Lipinski definition) is 2. The molecule has 0 radical (unpaired) electrons. The Morgan fingerprint density at radius 3 is 2.57 bits per heavy atom. The highest BCUT2D eigenvalue weighted by Crippen LogP contribution is 2.12. The lowest BCUT2D eigenvalue weighted by atomic mass is 10.2. The maximum absolute atomic E-state index is 10.2. The van der Waals surface area contributed by atoms with Gasteiger partial charge in [0.2, 0.25) is 0 Å². The van der Waals surface area contributed by atoms with Crippen LogP contribution in [0.2, 0.25) is 0 Å². The van der Waals surface area contributed by atoms with Gasteiger partial charge in [0.15, 0.2) is 0 Å². The van der Waals surface area contributed by atoms with E-state index in [0.29, 0.717) is 6.42 Å². The number of ether oxygens (including phenoxy) is 1. The second kappa shape index (κ2) is 6.60. The van der Waals surface area contributed by atoms with E-state index in [1.54, 1.807) is 0 Å². The number of hydrogen-bond donors (Lipinski definition) is 0. The minimum absolute atomic E-state index is 0.474. The fourth-order valence-corrected chi connectivity index (χ4v) is 1.29. The Morgan fingerprint density at radius 1 is 1.29 bits per heavy atom. The third-order valence-corrected chi connectivity index (χ3v) is 2.35. The molecule has 1 aromatic rings. The van der Waals surface area contributed by atoms with Crippen molar-refractivity contribution >= 4 is 22.2 Å². The molecule has 0 aliphatic rings. The summed E-state index contributed by atoms with van der Waals surface area (Å²) >= 11 is 3.34. The molecule has 0 aromatic heterocycles. The van der Waals surface area contributed by atoms with Gasteiger partial charge in [-0.3, -0.25) is 0 Å². The van der Waals surface area contributed by atoms with Gasteiger partial charge >= 0.3 is 0 Å². The van der Waals surface area contributed by atoms with Gasteiger partial charge in [-0.15, -0.1) is 0 Å². The SMILES string of the molecule is O=CCc1ccc(OCCCBr)cc1. The van der Waals surface area contributed by atoms with E-state index in [4.69, 9.17) is 4.74 Å². The maximum Gasteiger partial charge on any atom is 0.124 e. The molecule has 1 rings (SSSR count). The van der Waals surface area contributed by atoms with Gasteiger partial charge in [-0.25, -0.2) is 0 Å². The van der Waals surface area contributed by atoms with Crippen molar-refractivity contribution in [2.45, 2.75) is 12.8 Å². The molecule has 14 heavy (non-hydrogen) atoms. The van der Waals surface area contributed by atoms with Gasteiger partial charge in [-0.2, -0.15) is 0 Å². The van der Waals surface area contributed by atoms with E-state index in [2.05, 4.69) is 15.9 Å². The monoisotopic (exact) mass is 256 g/mol. The van der Waals surface area contributed by atoms with E-state index in [-0.39, 0.29) is 0 Å². The van der Waals surface area contributed by atoms with Crippen LogP contribution in [0.3, 0.4) is 0 Å². The summed E-state index contributed by atoms with van der Waals surface area (Å²) in [5.74, 6) is 0.862. The van der Waals surface area contributed by atoms with Crippen molar-refractivity contribution in [3.63, 3.8) is 0 Å². The predicted molar refractivity (Wildman–Crippen MR) is 60.1 cm³/mol. The fourth-order valence-electron chi connectivity index (χ4n) is 1.06. The molecular formula is C11H13BrO2. The topological polar surface area (TPSA) is 26.3 Å². The predicted octanol–water partition coefficient (Wildman–Crippen LogP) is 2.59. The van der Waals surface area contributed by atoms with Crippen LogP contribution in [0.5, 0.6) is 5.75 Å².